The third-order valence-electron chi connectivity index (χ3n) is 2.11. The van der Waals surface area contributed by atoms with Gasteiger partial charge in [0.2, 0.25) is 5.91 Å². The summed E-state index contributed by atoms with van der Waals surface area (Å²) in [6.45, 7) is 3.35. The van der Waals surface area contributed by atoms with E-state index in [1.54, 1.807) is 12.1 Å². The molecule has 0 radical (unpaired) electrons. The van der Waals surface area contributed by atoms with Crippen LogP contribution in [0.15, 0.2) is 22.7 Å². The zero-order valence-electron chi connectivity index (χ0n) is 9.38. The normalized spacial score (nSPS) is 11.8. The van der Waals surface area contributed by atoms with Crippen LogP contribution in [0.25, 0.3) is 0 Å². The Morgan fingerprint density at radius 3 is 2.65 bits per heavy atom. The molecule has 1 aromatic carbocycles. The molecule has 6 heteroatoms. The van der Waals surface area contributed by atoms with Crippen LogP contribution in [0.2, 0.25) is 0 Å². The fraction of sp³-hybridized carbons (Fsp3) is 0.273. The van der Waals surface area contributed by atoms with E-state index in [2.05, 4.69) is 26.6 Å². The quantitative estimate of drug-likeness (QED) is 0.823. The van der Waals surface area contributed by atoms with Crippen molar-refractivity contribution < 1.29 is 9.59 Å². The zero-order chi connectivity index (χ0) is 13.0. The molecule has 2 N–H and O–H groups in total. The van der Waals surface area contributed by atoms with Gasteiger partial charge >= 0.3 is 6.03 Å². The molecular formula is C11H12BrClN2O2. The molecule has 1 aromatic rings. The van der Waals surface area contributed by atoms with E-state index < -0.39 is 17.3 Å². The molecule has 17 heavy (non-hydrogen) atoms. The van der Waals surface area contributed by atoms with E-state index in [1.165, 1.54) is 6.92 Å². The van der Waals surface area contributed by atoms with Crippen molar-refractivity contribution in [1.29, 1.82) is 0 Å². The van der Waals surface area contributed by atoms with Crippen LogP contribution < -0.4 is 10.6 Å². The molecule has 0 saturated heterocycles. The monoisotopic (exact) mass is 318 g/mol. The van der Waals surface area contributed by atoms with E-state index >= 15 is 0 Å². The van der Waals surface area contributed by atoms with Crippen LogP contribution in [-0.4, -0.2) is 17.3 Å². The van der Waals surface area contributed by atoms with Gasteiger partial charge in [-0.3, -0.25) is 10.1 Å². The molecule has 1 unspecified atom stereocenters. The molecule has 0 saturated carbocycles. The van der Waals surface area contributed by atoms with E-state index in [9.17, 15) is 9.59 Å². The minimum absolute atomic E-state index is 0.531. The summed E-state index contributed by atoms with van der Waals surface area (Å²) in [4.78, 5) is 22.7. The van der Waals surface area contributed by atoms with Gasteiger partial charge in [-0.1, -0.05) is 22.0 Å². The maximum atomic E-state index is 11.5. The largest absolute Gasteiger partial charge is 0.325 e. The van der Waals surface area contributed by atoms with E-state index in [0.29, 0.717) is 5.69 Å². The standard InChI is InChI=1S/C11H12BrClN2O2/c1-6-8(12)4-3-5-9(6)14-11(17)15-10(16)7(2)13/h3-5,7H,1-2H3,(H2,14,15,16,17). The number of hydrogen-bond donors (Lipinski definition) is 2. The zero-order valence-corrected chi connectivity index (χ0v) is 11.7. The third kappa shape index (κ3) is 4.02. The van der Waals surface area contributed by atoms with E-state index in [1.807, 2.05) is 13.0 Å². The summed E-state index contributed by atoms with van der Waals surface area (Å²) < 4.78 is 0.882. The van der Waals surface area contributed by atoms with Crippen molar-refractivity contribution in [2.24, 2.45) is 0 Å². The van der Waals surface area contributed by atoms with Gasteiger partial charge in [-0.15, -0.1) is 11.6 Å². The van der Waals surface area contributed by atoms with Gasteiger partial charge in [0.15, 0.2) is 0 Å². The second kappa shape index (κ2) is 6.02. The average Bonchev–Trinajstić information content (AvgIpc) is 2.24. The first-order valence-electron chi connectivity index (χ1n) is 4.93. The second-order valence-corrected chi connectivity index (χ2v) is 4.98. The number of alkyl halides is 1. The first-order chi connectivity index (χ1) is 7.91. The molecule has 0 bridgehead atoms. The van der Waals surface area contributed by atoms with Gasteiger partial charge in [-0.25, -0.2) is 4.79 Å². The summed E-state index contributed by atoms with van der Waals surface area (Å²) in [5.74, 6) is -0.531. The smallest absolute Gasteiger partial charge is 0.307 e. The SMILES string of the molecule is Cc1c(Br)cccc1NC(=O)NC(=O)C(C)Cl. The number of amides is 3. The van der Waals surface area contributed by atoms with Crippen LogP contribution in [0.4, 0.5) is 10.5 Å². The average molecular weight is 320 g/mol. The lowest BCUT2D eigenvalue weighted by Crippen LogP contribution is -2.38. The lowest BCUT2D eigenvalue weighted by Gasteiger charge is -2.10. The molecule has 3 amide bonds. The minimum Gasteiger partial charge on any atom is -0.307 e. The van der Waals surface area contributed by atoms with Crippen LogP contribution in [0.3, 0.4) is 0 Å². The van der Waals surface area contributed by atoms with Gasteiger partial charge in [0.1, 0.15) is 5.38 Å². The van der Waals surface area contributed by atoms with Gasteiger partial charge in [0, 0.05) is 10.2 Å². The highest BCUT2D eigenvalue weighted by molar-refractivity contribution is 9.10. The van der Waals surface area contributed by atoms with E-state index in [0.717, 1.165) is 10.0 Å². The maximum Gasteiger partial charge on any atom is 0.325 e. The van der Waals surface area contributed by atoms with Gasteiger partial charge in [0.05, 0.1) is 0 Å². The Kier molecular flexibility index (Phi) is 4.96. The third-order valence-corrected chi connectivity index (χ3v) is 3.17. The Hall–Kier alpha value is -1.07. The molecule has 0 aliphatic carbocycles. The molecule has 0 fully saturated rings. The van der Waals surface area contributed by atoms with E-state index in [-0.39, 0.29) is 0 Å². The highest BCUT2D eigenvalue weighted by Crippen LogP contribution is 2.23. The molecule has 92 valence electrons. The molecule has 1 rings (SSSR count). The predicted octanol–water partition coefficient (Wildman–Crippen LogP) is 3.03. The van der Waals surface area contributed by atoms with Crippen molar-refractivity contribution in [1.82, 2.24) is 5.32 Å². The Morgan fingerprint density at radius 1 is 1.41 bits per heavy atom. The predicted molar refractivity (Wildman–Crippen MR) is 71.4 cm³/mol. The number of rotatable bonds is 2. The number of carbonyl (C=O) groups is 2. The molecule has 0 spiro atoms. The van der Waals surface area contributed by atoms with Crippen molar-refractivity contribution in [3.05, 3.63) is 28.2 Å². The number of urea groups is 1. The van der Waals surface area contributed by atoms with Gasteiger partial charge in [0.25, 0.3) is 0 Å². The molecular weight excluding hydrogens is 307 g/mol. The van der Waals surface area contributed by atoms with Gasteiger partial charge in [-0.2, -0.15) is 0 Å². The molecule has 1 atom stereocenters. The van der Waals surface area contributed by atoms with Crippen molar-refractivity contribution in [2.45, 2.75) is 19.2 Å². The van der Waals surface area contributed by atoms with Crippen LogP contribution in [0.5, 0.6) is 0 Å². The van der Waals surface area contributed by atoms with E-state index in [4.69, 9.17) is 11.6 Å². The summed E-state index contributed by atoms with van der Waals surface area (Å²) >= 11 is 8.88. The minimum atomic E-state index is -0.746. The molecule has 0 aliphatic heterocycles. The number of anilines is 1. The summed E-state index contributed by atoms with van der Waals surface area (Å²) in [5, 5.41) is 3.97. The number of hydrogen-bond acceptors (Lipinski definition) is 2. The topological polar surface area (TPSA) is 58.2 Å². The number of halogens is 2. The van der Waals surface area contributed by atoms with Crippen LogP contribution in [-0.2, 0) is 4.79 Å². The van der Waals surface area contributed by atoms with Crippen molar-refractivity contribution >= 4 is 45.2 Å². The number of nitrogens with one attached hydrogen (secondary N) is 2. The summed E-state index contributed by atoms with van der Waals surface area (Å²) in [6.07, 6.45) is 0. The van der Waals surface area contributed by atoms with Crippen LogP contribution in [0.1, 0.15) is 12.5 Å². The maximum absolute atomic E-state index is 11.5. The lowest BCUT2D eigenvalue weighted by atomic mass is 10.2. The molecule has 0 heterocycles. The molecule has 4 nitrogen and oxygen atoms in total. The highest BCUT2D eigenvalue weighted by Gasteiger charge is 2.13. The Labute approximate surface area is 113 Å². The Morgan fingerprint density at radius 2 is 2.06 bits per heavy atom. The first-order valence-corrected chi connectivity index (χ1v) is 6.15. The summed E-state index contributed by atoms with van der Waals surface area (Å²) in [5.41, 5.74) is 1.51. The number of benzene rings is 1. The Balaban J connectivity index is 2.69. The summed E-state index contributed by atoms with van der Waals surface area (Å²) in [7, 11) is 0. The molecule has 0 aliphatic rings. The Bertz CT molecular complexity index is 449. The van der Waals surface area contributed by atoms with Crippen LogP contribution >= 0.6 is 27.5 Å². The fourth-order valence-electron chi connectivity index (χ4n) is 1.11. The number of carbonyl (C=O) groups excluding carboxylic acids is 2. The van der Waals surface area contributed by atoms with Crippen LogP contribution in [0, 0.1) is 6.92 Å². The summed E-state index contributed by atoms with van der Waals surface area (Å²) in [6, 6.07) is 4.81. The molecule has 0 aromatic heterocycles. The fourth-order valence-corrected chi connectivity index (χ4v) is 1.53. The second-order valence-electron chi connectivity index (χ2n) is 3.47. The lowest BCUT2D eigenvalue weighted by molar-refractivity contribution is -0.119. The highest BCUT2D eigenvalue weighted by atomic mass is 79.9. The number of imide groups is 1. The van der Waals surface area contributed by atoms with Crippen molar-refractivity contribution in [3.63, 3.8) is 0 Å². The van der Waals surface area contributed by atoms with Gasteiger partial charge < -0.3 is 5.32 Å². The van der Waals surface area contributed by atoms with Crippen molar-refractivity contribution in [2.75, 3.05) is 5.32 Å². The first kappa shape index (κ1) is 14.0. The van der Waals surface area contributed by atoms with Gasteiger partial charge in [-0.05, 0) is 31.5 Å². The van der Waals surface area contributed by atoms with Crippen molar-refractivity contribution in [3.8, 4) is 0 Å².